The molecule has 2 aromatic carbocycles. The maximum Gasteiger partial charge on any atom is 0.166 e. The zero-order valence-electron chi connectivity index (χ0n) is 11.7. The van der Waals surface area contributed by atoms with Gasteiger partial charge in [-0.2, -0.15) is 0 Å². The standard InChI is InChI=1S/C19H19S/c1-3-11-17(12-4-2)20(18-13-7-5-8-14-18)19-15-9-6-10-16-19/h3-16H,1H2,2H3/q+1/b12-4-,17-11+. The lowest BCUT2D eigenvalue weighted by atomic mass is 10.4. The van der Waals surface area contributed by atoms with Gasteiger partial charge in [0.25, 0.3) is 0 Å². The zero-order chi connectivity index (χ0) is 14.2. The summed E-state index contributed by atoms with van der Waals surface area (Å²) in [4.78, 5) is 3.93. The Hall–Kier alpha value is -1.99. The Morgan fingerprint density at radius 1 is 0.900 bits per heavy atom. The van der Waals surface area contributed by atoms with E-state index in [0.29, 0.717) is 0 Å². The average Bonchev–Trinajstić information content (AvgIpc) is 2.50. The Morgan fingerprint density at radius 3 is 1.80 bits per heavy atom. The van der Waals surface area contributed by atoms with E-state index >= 15 is 0 Å². The lowest BCUT2D eigenvalue weighted by Crippen LogP contribution is -2.05. The molecule has 2 aromatic rings. The first-order chi connectivity index (χ1) is 9.86. The second-order valence-corrected chi connectivity index (χ2v) is 6.26. The Bertz CT molecular complexity index is 555. The van der Waals surface area contributed by atoms with Crippen LogP contribution in [-0.2, 0) is 10.9 Å². The van der Waals surface area contributed by atoms with Gasteiger partial charge >= 0.3 is 0 Å². The third-order valence-corrected chi connectivity index (χ3v) is 5.04. The fourth-order valence-electron chi connectivity index (χ4n) is 1.99. The number of hydrogen-bond donors (Lipinski definition) is 0. The van der Waals surface area contributed by atoms with Crippen LogP contribution in [0.1, 0.15) is 6.92 Å². The van der Waals surface area contributed by atoms with E-state index in [1.54, 1.807) is 0 Å². The van der Waals surface area contributed by atoms with Crippen LogP contribution in [0.15, 0.2) is 106 Å². The summed E-state index contributed by atoms with van der Waals surface area (Å²) in [6, 6.07) is 21.3. The zero-order valence-corrected chi connectivity index (χ0v) is 12.5. The Morgan fingerprint density at radius 2 is 1.40 bits per heavy atom. The minimum Gasteiger partial charge on any atom is -0.0989 e. The van der Waals surface area contributed by atoms with Crippen LogP contribution in [0.3, 0.4) is 0 Å². The van der Waals surface area contributed by atoms with Crippen molar-refractivity contribution in [3.8, 4) is 0 Å². The molecular weight excluding hydrogens is 260 g/mol. The third-order valence-electron chi connectivity index (χ3n) is 2.81. The molecule has 0 N–H and O–H groups in total. The van der Waals surface area contributed by atoms with E-state index in [9.17, 15) is 0 Å². The second kappa shape index (κ2) is 7.56. The van der Waals surface area contributed by atoms with Crippen LogP contribution in [0, 0.1) is 0 Å². The molecule has 0 fully saturated rings. The minimum atomic E-state index is -0.0857. The summed E-state index contributed by atoms with van der Waals surface area (Å²) in [6.45, 7) is 5.90. The smallest absolute Gasteiger partial charge is 0.0989 e. The third kappa shape index (κ3) is 3.52. The van der Waals surface area contributed by atoms with E-state index in [1.165, 1.54) is 14.7 Å². The molecule has 1 heteroatoms. The van der Waals surface area contributed by atoms with Crippen LogP contribution in [0.2, 0.25) is 0 Å². The highest BCUT2D eigenvalue weighted by Crippen LogP contribution is 2.30. The summed E-state index contributed by atoms with van der Waals surface area (Å²) in [7, 11) is -0.0857. The highest BCUT2D eigenvalue weighted by Gasteiger charge is 2.28. The van der Waals surface area contributed by atoms with Crippen LogP contribution < -0.4 is 0 Å². The molecule has 0 nitrogen and oxygen atoms in total. The fraction of sp³-hybridized carbons (Fsp3) is 0.0526. The van der Waals surface area contributed by atoms with Gasteiger partial charge in [0, 0.05) is 0 Å². The molecule has 0 saturated carbocycles. The van der Waals surface area contributed by atoms with E-state index in [2.05, 4.69) is 92.4 Å². The molecule has 0 bridgehead atoms. The van der Waals surface area contributed by atoms with Gasteiger partial charge in [-0.3, -0.25) is 0 Å². The molecule has 0 saturated heterocycles. The summed E-state index contributed by atoms with van der Waals surface area (Å²) < 4.78 is 0. The quantitative estimate of drug-likeness (QED) is 0.510. The van der Waals surface area contributed by atoms with Crippen molar-refractivity contribution in [1.29, 1.82) is 0 Å². The fourth-order valence-corrected chi connectivity index (χ4v) is 4.17. The molecule has 0 aliphatic heterocycles. The molecule has 0 heterocycles. The van der Waals surface area contributed by atoms with Crippen LogP contribution in [-0.4, -0.2) is 0 Å². The van der Waals surface area contributed by atoms with E-state index in [4.69, 9.17) is 0 Å². The van der Waals surface area contributed by atoms with Crippen molar-refractivity contribution < 1.29 is 0 Å². The molecule has 0 atom stereocenters. The van der Waals surface area contributed by atoms with Gasteiger partial charge in [0.05, 0.1) is 10.9 Å². The van der Waals surface area contributed by atoms with Gasteiger partial charge in [0.1, 0.15) is 0 Å². The second-order valence-electron chi connectivity index (χ2n) is 4.24. The van der Waals surface area contributed by atoms with Crippen molar-refractivity contribution in [3.05, 3.63) is 96.5 Å². The predicted octanol–water partition coefficient (Wildman–Crippen LogP) is 5.37. The number of rotatable bonds is 5. The number of allylic oxidation sites excluding steroid dienone is 4. The highest BCUT2D eigenvalue weighted by molar-refractivity contribution is 8.00. The number of hydrogen-bond acceptors (Lipinski definition) is 0. The van der Waals surface area contributed by atoms with E-state index in [-0.39, 0.29) is 10.9 Å². The van der Waals surface area contributed by atoms with Crippen LogP contribution >= 0.6 is 0 Å². The topological polar surface area (TPSA) is 0 Å². The molecule has 2 rings (SSSR count). The van der Waals surface area contributed by atoms with Crippen molar-refractivity contribution in [2.75, 3.05) is 0 Å². The molecule has 0 aliphatic rings. The van der Waals surface area contributed by atoms with Gasteiger partial charge in [0.2, 0.25) is 0 Å². The molecule has 20 heavy (non-hydrogen) atoms. The molecule has 0 radical (unpaired) electrons. The summed E-state index contributed by atoms with van der Waals surface area (Å²) >= 11 is 0. The van der Waals surface area contributed by atoms with Crippen LogP contribution in [0.25, 0.3) is 0 Å². The van der Waals surface area contributed by atoms with Crippen molar-refractivity contribution >= 4 is 10.9 Å². The lowest BCUT2D eigenvalue weighted by Gasteiger charge is -2.08. The normalized spacial score (nSPS) is 12.0. The largest absolute Gasteiger partial charge is 0.166 e. The monoisotopic (exact) mass is 279 g/mol. The van der Waals surface area contributed by atoms with E-state index < -0.39 is 0 Å². The van der Waals surface area contributed by atoms with Crippen molar-refractivity contribution in [2.24, 2.45) is 0 Å². The Balaban J connectivity index is 2.55. The Kier molecular flexibility index (Phi) is 5.45. The maximum atomic E-state index is 3.85. The first kappa shape index (κ1) is 14.4. The highest BCUT2D eigenvalue weighted by atomic mass is 32.2. The van der Waals surface area contributed by atoms with Gasteiger partial charge in [-0.25, -0.2) is 0 Å². The first-order valence-electron chi connectivity index (χ1n) is 6.66. The molecular formula is C19H19S+. The maximum absolute atomic E-state index is 3.85. The molecule has 0 amide bonds. The molecule has 100 valence electrons. The number of benzene rings is 2. The van der Waals surface area contributed by atoms with E-state index in [0.717, 1.165) is 0 Å². The molecule has 0 unspecified atom stereocenters. The van der Waals surface area contributed by atoms with Gasteiger partial charge < -0.3 is 0 Å². The average molecular weight is 279 g/mol. The van der Waals surface area contributed by atoms with Gasteiger partial charge in [-0.15, -0.1) is 0 Å². The lowest BCUT2D eigenvalue weighted by molar-refractivity contribution is 1.38. The predicted molar refractivity (Wildman–Crippen MR) is 89.9 cm³/mol. The molecule has 0 spiro atoms. The van der Waals surface area contributed by atoms with Gasteiger partial charge in [0.15, 0.2) is 14.7 Å². The van der Waals surface area contributed by atoms with Crippen molar-refractivity contribution in [2.45, 2.75) is 16.7 Å². The van der Waals surface area contributed by atoms with Gasteiger partial charge in [-0.1, -0.05) is 55.1 Å². The minimum absolute atomic E-state index is 0.0857. The van der Waals surface area contributed by atoms with Crippen LogP contribution in [0.5, 0.6) is 0 Å². The molecule has 0 aliphatic carbocycles. The van der Waals surface area contributed by atoms with Crippen LogP contribution in [0.4, 0.5) is 0 Å². The summed E-state index contributed by atoms with van der Waals surface area (Å²) in [6.07, 6.45) is 8.22. The van der Waals surface area contributed by atoms with E-state index in [1.807, 2.05) is 6.08 Å². The summed E-state index contributed by atoms with van der Waals surface area (Å²) in [5.41, 5.74) is 0. The van der Waals surface area contributed by atoms with Crippen molar-refractivity contribution in [3.63, 3.8) is 0 Å². The summed E-state index contributed by atoms with van der Waals surface area (Å²) in [5, 5.41) is 0. The first-order valence-corrected chi connectivity index (χ1v) is 7.89. The van der Waals surface area contributed by atoms with Gasteiger partial charge in [-0.05, 0) is 43.3 Å². The summed E-state index contributed by atoms with van der Waals surface area (Å²) in [5.74, 6) is 0. The SMILES string of the molecule is C=C/C=C(\C=C/C)[S+](c1ccccc1)c1ccccc1. The Labute approximate surface area is 124 Å². The molecule has 0 aromatic heterocycles. The van der Waals surface area contributed by atoms with Crippen molar-refractivity contribution in [1.82, 2.24) is 0 Å².